The van der Waals surface area contributed by atoms with Gasteiger partial charge in [0, 0.05) is 42.9 Å². The number of halogens is 1. The summed E-state index contributed by atoms with van der Waals surface area (Å²) >= 11 is 1.48. The van der Waals surface area contributed by atoms with E-state index in [1.54, 1.807) is 6.07 Å². The van der Waals surface area contributed by atoms with Crippen LogP contribution in [0.5, 0.6) is 0 Å². The Bertz CT molecular complexity index is 1230. The van der Waals surface area contributed by atoms with E-state index in [2.05, 4.69) is 49.0 Å². The fraction of sp³-hybridized carbons (Fsp3) is 0.348. The first-order valence-corrected chi connectivity index (χ1v) is 11.1. The van der Waals surface area contributed by atoms with Crippen molar-refractivity contribution in [1.82, 2.24) is 19.9 Å². The Labute approximate surface area is 179 Å². The van der Waals surface area contributed by atoms with Gasteiger partial charge in [0.1, 0.15) is 5.82 Å². The first kappa shape index (κ1) is 19.3. The Kier molecular flexibility index (Phi) is 4.87. The molecule has 1 fully saturated rings. The third-order valence-corrected chi connectivity index (χ3v) is 6.80. The van der Waals surface area contributed by atoms with Crippen molar-refractivity contribution in [3.8, 4) is 0 Å². The Morgan fingerprint density at radius 3 is 2.57 bits per heavy atom. The quantitative estimate of drug-likeness (QED) is 0.472. The van der Waals surface area contributed by atoms with Crippen molar-refractivity contribution in [2.75, 3.05) is 31.1 Å². The summed E-state index contributed by atoms with van der Waals surface area (Å²) in [4.78, 5) is 18.4. The molecule has 1 atom stereocenters. The molecule has 30 heavy (non-hydrogen) atoms. The third-order valence-electron chi connectivity index (χ3n) is 5.89. The standard InChI is InChI=1S/C23H24FN5S/c1-14-12-20(17-6-4-5-7-19(17)25-14)29-10-8-28(9-11-29)15(2)22-18(24)13-21-23(27-22)26-16(3)30-21/h4-7,12-13,15H,8-11H2,1-3H3. The first-order valence-electron chi connectivity index (χ1n) is 10.3. The zero-order valence-corrected chi connectivity index (χ0v) is 18.2. The van der Waals surface area contributed by atoms with Crippen molar-refractivity contribution >= 4 is 38.3 Å². The lowest BCUT2D eigenvalue weighted by Gasteiger charge is -2.39. The first-order chi connectivity index (χ1) is 14.5. The molecule has 7 heteroatoms. The van der Waals surface area contributed by atoms with Crippen molar-refractivity contribution in [1.29, 1.82) is 0 Å². The molecule has 0 bridgehead atoms. The minimum absolute atomic E-state index is 0.0884. The van der Waals surface area contributed by atoms with Crippen LogP contribution in [0.1, 0.15) is 29.4 Å². The van der Waals surface area contributed by atoms with Gasteiger partial charge in [-0.05, 0) is 39.0 Å². The predicted octanol–water partition coefficient (Wildman–Crippen LogP) is 4.88. The summed E-state index contributed by atoms with van der Waals surface area (Å²) in [6.07, 6.45) is 0. The van der Waals surface area contributed by atoms with Gasteiger partial charge in [0.05, 0.1) is 27.0 Å². The van der Waals surface area contributed by atoms with Crippen LogP contribution >= 0.6 is 11.3 Å². The molecule has 4 heterocycles. The lowest BCUT2D eigenvalue weighted by molar-refractivity contribution is 0.192. The summed E-state index contributed by atoms with van der Waals surface area (Å²) in [5.41, 5.74) is 4.43. The number of anilines is 1. The average molecular weight is 422 g/mol. The Hall–Kier alpha value is -2.64. The molecule has 154 valence electrons. The van der Waals surface area contributed by atoms with Gasteiger partial charge in [-0.25, -0.2) is 14.4 Å². The molecule has 1 saturated heterocycles. The number of fused-ring (bicyclic) bond motifs is 2. The van der Waals surface area contributed by atoms with Crippen LogP contribution in [0.25, 0.3) is 21.3 Å². The van der Waals surface area contributed by atoms with Gasteiger partial charge in [-0.15, -0.1) is 11.3 Å². The third kappa shape index (κ3) is 3.42. The molecule has 1 aliphatic rings. The summed E-state index contributed by atoms with van der Waals surface area (Å²) in [6.45, 7) is 9.49. The number of aromatic nitrogens is 3. The van der Waals surface area contributed by atoms with Gasteiger partial charge in [-0.3, -0.25) is 9.88 Å². The second-order valence-corrected chi connectivity index (χ2v) is 9.14. The number of nitrogens with zero attached hydrogens (tertiary/aromatic N) is 5. The molecule has 0 saturated carbocycles. The lowest BCUT2D eigenvalue weighted by Crippen LogP contribution is -2.47. The molecule has 1 aromatic carbocycles. The van der Waals surface area contributed by atoms with Crippen molar-refractivity contribution in [2.24, 2.45) is 0 Å². The molecule has 0 amide bonds. The Balaban J connectivity index is 1.37. The Morgan fingerprint density at radius 2 is 1.77 bits per heavy atom. The van der Waals surface area contributed by atoms with Crippen LogP contribution in [-0.2, 0) is 0 Å². The molecule has 0 spiro atoms. The highest BCUT2D eigenvalue weighted by Crippen LogP contribution is 2.31. The number of rotatable bonds is 3. The molecule has 4 aromatic rings. The minimum atomic E-state index is -0.239. The summed E-state index contributed by atoms with van der Waals surface area (Å²) in [7, 11) is 0. The van der Waals surface area contributed by atoms with Crippen LogP contribution in [0.3, 0.4) is 0 Å². The molecule has 0 N–H and O–H groups in total. The number of benzene rings is 1. The number of piperazine rings is 1. The van der Waals surface area contributed by atoms with E-state index in [0.717, 1.165) is 47.1 Å². The van der Waals surface area contributed by atoms with Crippen LogP contribution in [0.15, 0.2) is 36.4 Å². The van der Waals surface area contributed by atoms with Gasteiger partial charge < -0.3 is 4.90 Å². The summed E-state index contributed by atoms with van der Waals surface area (Å²) in [5, 5.41) is 2.09. The molecule has 1 aliphatic heterocycles. The minimum Gasteiger partial charge on any atom is -0.368 e. The normalized spacial score (nSPS) is 16.5. The molecule has 1 unspecified atom stereocenters. The highest BCUT2D eigenvalue weighted by atomic mass is 32.1. The van der Waals surface area contributed by atoms with Gasteiger partial charge in [0.15, 0.2) is 5.65 Å². The maximum atomic E-state index is 14.8. The van der Waals surface area contributed by atoms with E-state index in [0.29, 0.717) is 11.3 Å². The number of pyridine rings is 2. The van der Waals surface area contributed by atoms with Crippen LogP contribution in [0, 0.1) is 19.7 Å². The van der Waals surface area contributed by atoms with Crippen molar-refractivity contribution in [3.05, 3.63) is 58.6 Å². The smallest absolute Gasteiger partial charge is 0.171 e. The van der Waals surface area contributed by atoms with E-state index < -0.39 is 0 Å². The molecule has 0 aliphatic carbocycles. The number of hydrogen-bond donors (Lipinski definition) is 0. The van der Waals surface area contributed by atoms with E-state index >= 15 is 0 Å². The maximum absolute atomic E-state index is 14.8. The molecule has 3 aromatic heterocycles. The van der Waals surface area contributed by atoms with Crippen LogP contribution < -0.4 is 4.90 Å². The SMILES string of the molecule is Cc1cc(N2CCN(C(C)c3nc4nc(C)sc4cc3F)CC2)c2ccccc2n1. The maximum Gasteiger partial charge on any atom is 0.171 e. The van der Waals surface area contributed by atoms with E-state index in [-0.39, 0.29) is 11.9 Å². The van der Waals surface area contributed by atoms with Crippen molar-refractivity contribution in [3.63, 3.8) is 0 Å². The zero-order valence-electron chi connectivity index (χ0n) is 17.4. The number of hydrogen-bond acceptors (Lipinski definition) is 6. The van der Waals surface area contributed by atoms with Crippen LogP contribution in [0.4, 0.5) is 10.1 Å². The summed E-state index contributed by atoms with van der Waals surface area (Å²) < 4.78 is 15.6. The highest BCUT2D eigenvalue weighted by Gasteiger charge is 2.26. The van der Waals surface area contributed by atoms with E-state index in [4.69, 9.17) is 0 Å². The highest BCUT2D eigenvalue weighted by molar-refractivity contribution is 7.18. The van der Waals surface area contributed by atoms with Gasteiger partial charge in [0.2, 0.25) is 0 Å². The molecule has 0 radical (unpaired) electrons. The van der Waals surface area contributed by atoms with Gasteiger partial charge in [-0.2, -0.15) is 0 Å². The topological polar surface area (TPSA) is 45.2 Å². The van der Waals surface area contributed by atoms with Crippen molar-refractivity contribution < 1.29 is 4.39 Å². The van der Waals surface area contributed by atoms with E-state index in [9.17, 15) is 4.39 Å². The number of thiazole rings is 1. The summed E-state index contributed by atoms with van der Waals surface area (Å²) in [6, 6.07) is 12.0. The fourth-order valence-corrected chi connectivity index (χ4v) is 5.12. The molecular formula is C23H24FN5S. The monoisotopic (exact) mass is 421 g/mol. The second-order valence-electron chi connectivity index (χ2n) is 7.91. The average Bonchev–Trinajstić information content (AvgIpc) is 3.11. The molecule has 5 nitrogen and oxygen atoms in total. The summed E-state index contributed by atoms with van der Waals surface area (Å²) in [5.74, 6) is -0.239. The van der Waals surface area contributed by atoms with E-state index in [1.165, 1.54) is 22.4 Å². The van der Waals surface area contributed by atoms with Crippen LogP contribution in [0.2, 0.25) is 0 Å². The number of aryl methyl sites for hydroxylation is 2. The Morgan fingerprint density at radius 1 is 1.00 bits per heavy atom. The van der Waals surface area contributed by atoms with E-state index in [1.807, 2.05) is 26.8 Å². The predicted molar refractivity (Wildman–Crippen MR) is 121 cm³/mol. The molecule has 5 rings (SSSR count). The van der Waals surface area contributed by atoms with Crippen molar-refractivity contribution in [2.45, 2.75) is 26.8 Å². The lowest BCUT2D eigenvalue weighted by atomic mass is 10.1. The van der Waals surface area contributed by atoms with Gasteiger partial charge in [-0.1, -0.05) is 18.2 Å². The van der Waals surface area contributed by atoms with Gasteiger partial charge in [0.25, 0.3) is 0 Å². The van der Waals surface area contributed by atoms with Crippen LogP contribution in [-0.4, -0.2) is 46.0 Å². The number of para-hydroxylation sites is 1. The largest absolute Gasteiger partial charge is 0.368 e. The second kappa shape index (κ2) is 7.56. The fourth-order valence-electron chi connectivity index (χ4n) is 4.33. The molecular weight excluding hydrogens is 397 g/mol. The zero-order chi connectivity index (χ0) is 20.8. The van der Waals surface area contributed by atoms with Gasteiger partial charge >= 0.3 is 0 Å².